The van der Waals surface area contributed by atoms with Crippen molar-refractivity contribution in [3.63, 3.8) is 0 Å². The molecule has 8 nitrogen and oxygen atoms in total. The number of hydrogen-bond donors (Lipinski definition) is 3. The number of hydrogen-bond acceptors (Lipinski definition) is 7. The lowest BCUT2D eigenvalue weighted by Gasteiger charge is -2.22. The van der Waals surface area contributed by atoms with Crippen molar-refractivity contribution >= 4 is 31.6 Å². The summed E-state index contributed by atoms with van der Waals surface area (Å²) in [6, 6.07) is 12.8. The molecule has 0 spiro atoms. The number of nitrogens with one attached hydrogen (secondary N) is 1. The summed E-state index contributed by atoms with van der Waals surface area (Å²) in [4.78, 5) is 24.6. The number of ether oxygens (including phenoxy) is 3. The first-order valence-electron chi connectivity index (χ1n) is 11.5. The van der Waals surface area contributed by atoms with Gasteiger partial charge in [-0.3, -0.25) is 0 Å². The molecule has 0 bridgehead atoms. The van der Waals surface area contributed by atoms with Gasteiger partial charge in [0.05, 0.1) is 12.7 Å². The summed E-state index contributed by atoms with van der Waals surface area (Å²) in [6.07, 6.45) is -0.143. The molecular formula is C25H32ClNO7Si. The van der Waals surface area contributed by atoms with Crippen LogP contribution in [-0.4, -0.2) is 55.2 Å². The fourth-order valence-corrected chi connectivity index (χ4v) is 4.46. The van der Waals surface area contributed by atoms with Crippen molar-refractivity contribution in [3.05, 3.63) is 58.6 Å². The normalized spacial score (nSPS) is 18.7. The molecule has 0 saturated carbocycles. The third-order valence-electron chi connectivity index (χ3n) is 5.59. The quantitative estimate of drug-likeness (QED) is 0.231. The van der Waals surface area contributed by atoms with Crippen LogP contribution in [0.15, 0.2) is 42.5 Å². The standard InChI is InChI=1S/C25H32ClNO7Si/c1-16(27-15-20(28)18-6-5-7-19(26)14-18)12-17-8-9-21-22(13-17)34-25(33-21,23(29)30)24(31)32-10-11-35(2,3)4/h5-9,13-14,16,20,27-28H,10-12,15H2,1-4H3,(H,29,30)/t16-,20+,25?/m1/s1. The van der Waals surface area contributed by atoms with Crippen molar-refractivity contribution in [2.45, 2.75) is 57.0 Å². The molecule has 0 saturated heterocycles. The summed E-state index contributed by atoms with van der Waals surface area (Å²) < 4.78 is 16.2. The van der Waals surface area contributed by atoms with E-state index in [1.807, 2.05) is 13.0 Å². The van der Waals surface area contributed by atoms with Gasteiger partial charge in [0.2, 0.25) is 0 Å². The van der Waals surface area contributed by atoms with Gasteiger partial charge in [0, 0.05) is 25.7 Å². The van der Waals surface area contributed by atoms with Gasteiger partial charge < -0.3 is 29.7 Å². The highest BCUT2D eigenvalue weighted by Crippen LogP contribution is 2.41. The van der Waals surface area contributed by atoms with Crippen molar-refractivity contribution in [2.24, 2.45) is 0 Å². The number of esters is 1. The molecule has 0 fully saturated rings. The number of rotatable bonds is 11. The van der Waals surface area contributed by atoms with Crippen molar-refractivity contribution in [3.8, 4) is 11.5 Å². The molecule has 0 radical (unpaired) electrons. The van der Waals surface area contributed by atoms with Crippen molar-refractivity contribution in [2.75, 3.05) is 13.2 Å². The van der Waals surface area contributed by atoms with E-state index >= 15 is 0 Å². The zero-order valence-corrected chi connectivity index (χ0v) is 22.1. The van der Waals surface area contributed by atoms with Gasteiger partial charge in [-0.2, -0.15) is 0 Å². The van der Waals surface area contributed by atoms with Crippen molar-refractivity contribution < 1.29 is 34.0 Å². The van der Waals surface area contributed by atoms with E-state index in [1.165, 1.54) is 0 Å². The van der Waals surface area contributed by atoms with Crippen LogP contribution >= 0.6 is 11.6 Å². The van der Waals surface area contributed by atoms with Crippen LogP contribution < -0.4 is 14.8 Å². The summed E-state index contributed by atoms with van der Waals surface area (Å²) in [7, 11) is -1.47. The second kappa shape index (κ2) is 11.0. The zero-order valence-electron chi connectivity index (χ0n) is 20.3. The number of aliphatic carboxylic acids is 1. The number of fused-ring (bicyclic) bond motifs is 1. The molecule has 35 heavy (non-hydrogen) atoms. The van der Waals surface area contributed by atoms with Crippen LogP contribution in [0.2, 0.25) is 30.7 Å². The molecule has 1 heterocycles. The van der Waals surface area contributed by atoms with Gasteiger partial charge in [0.25, 0.3) is 0 Å². The van der Waals surface area contributed by atoms with Crippen molar-refractivity contribution in [1.29, 1.82) is 0 Å². The first-order valence-corrected chi connectivity index (χ1v) is 15.6. The number of aliphatic hydroxyl groups is 1. The van der Waals surface area contributed by atoms with E-state index in [1.54, 1.807) is 36.4 Å². The maximum atomic E-state index is 12.6. The van der Waals surface area contributed by atoms with Crippen LogP contribution in [0.4, 0.5) is 0 Å². The van der Waals surface area contributed by atoms with E-state index in [-0.39, 0.29) is 24.1 Å². The zero-order chi connectivity index (χ0) is 25.8. The molecule has 1 unspecified atom stereocenters. The number of aliphatic hydroxyl groups excluding tert-OH is 1. The Hall–Kier alpha value is -2.59. The Labute approximate surface area is 211 Å². The Balaban J connectivity index is 1.60. The van der Waals surface area contributed by atoms with Gasteiger partial charge in [-0.25, -0.2) is 9.59 Å². The molecule has 0 aliphatic carbocycles. The average Bonchev–Trinajstić information content (AvgIpc) is 3.17. The predicted molar refractivity (Wildman–Crippen MR) is 135 cm³/mol. The van der Waals surface area contributed by atoms with Crippen LogP contribution in [0.3, 0.4) is 0 Å². The number of carbonyl (C=O) groups excluding carboxylic acids is 1. The summed E-state index contributed by atoms with van der Waals surface area (Å²) in [5, 5.41) is 24.0. The fourth-order valence-electron chi connectivity index (χ4n) is 3.55. The van der Waals surface area contributed by atoms with Crippen LogP contribution in [0, 0.1) is 0 Å². The van der Waals surface area contributed by atoms with Crippen LogP contribution in [0.25, 0.3) is 0 Å². The second-order valence-electron chi connectivity index (χ2n) is 9.94. The van der Waals surface area contributed by atoms with Gasteiger partial charge in [0.1, 0.15) is 0 Å². The van der Waals surface area contributed by atoms with E-state index in [0.717, 1.165) is 11.1 Å². The highest BCUT2D eigenvalue weighted by molar-refractivity contribution is 6.76. The van der Waals surface area contributed by atoms with Crippen LogP contribution in [-0.2, 0) is 20.7 Å². The molecule has 1 aliphatic heterocycles. The third kappa shape index (κ3) is 6.97. The number of carboxylic acids is 1. The molecule has 190 valence electrons. The van der Waals surface area contributed by atoms with E-state index in [9.17, 15) is 19.8 Å². The molecule has 2 aromatic carbocycles. The molecule has 0 aromatic heterocycles. The maximum Gasteiger partial charge on any atom is 0.453 e. The second-order valence-corrected chi connectivity index (χ2v) is 16.0. The minimum Gasteiger partial charge on any atom is -0.475 e. The van der Waals surface area contributed by atoms with Crippen LogP contribution in [0.5, 0.6) is 11.5 Å². The Kier molecular flexibility index (Phi) is 8.48. The molecule has 3 atom stereocenters. The van der Waals surface area contributed by atoms with Gasteiger partial charge in [-0.1, -0.05) is 49.4 Å². The topological polar surface area (TPSA) is 114 Å². The SMILES string of the molecule is C[C@H](Cc1ccc2c(c1)OC(C(=O)O)(C(=O)OCC[Si](C)(C)C)O2)NC[C@H](O)c1cccc(Cl)c1. The molecule has 3 rings (SSSR count). The summed E-state index contributed by atoms with van der Waals surface area (Å²) in [5.41, 5.74) is 1.57. The molecule has 3 N–H and O–H groups in total. The smallest absolute Gasteiger partial charge is 0.453 e. The predicted octanol–water partition coefficient (Wildman–Crippen LogP) is 4.03. The summed E-state index contributed by atoms with van der Waals surface area (Å²) in [5.74, 6) is -4.87. The summed E-state index contributed by atoms with van der Waals surface area (Å²) in [6.45, 7) is 8.79. The Morgan fingerprint density at radius 3 is 2.51 bits per heavy atom. The highest BCUT2D eigenvalue weighted by atomic mass is 35.5. The molecular weight excluding hydrogens is 490 g/mol. The number of benzene rings is 2. The van der Waals surface area contributed by atoms with Gasteiger partial charge in [-0.15, -0.1) is 0 Å². The monoisotopic (exact) mass is 521 g/mol. The lowest BCUT2D eigenvalue weighted by molar-refractivity contribution is -0.198. The van der Waals surface area contributed by atoms with Gasteiger partial charge >= 0.3 is 17.7 Å². The third-order valence-corrected chi connectivity index (χ3v) is 7.53. The minimum atomic E-state index is -2.55. The van der Waals surface area contributed by atoms with Gasteiger partial charge in [-0.05, 0) is 54.8 Å². The van der Waals surface area contributed by atoms with Gasteiger partial charge in [0.15, 0.2) is 11.5 Å². The van der Waals surface area contributed by atoms with Crippen molar-refractivity contribution in [1.82, 2.24) is 5.32 Å². The Bertz CT molecular complexity index is 1070. The molecule has 2 aromatic rings. The van der Waals surface area contributed by atoms with E-state index < -0.39 is 31.9 Å². The number of carbonyl (C=O) groups is 2. The number of halogens is 1. The fraction of sp³-hybridized carbons (Fsp3) is 0.440. The lowest BCUT2D eigenvalue weighted by Crippen LogP contribution is -2.55. The molecule has 0 amide bonds. The Morgan fingerprint density at radius 2 is 1.86 bits per heavy atom. The maximum absolute atomic E-state index is 12.6. The van der Waals surface area contributed by atoms with E-state index in [2.05, 4.69) is 25.0 Å². The lowest BCUT2D eigenvalue weighted by atomic mass is 10.1. The first kappa shape index (κ1) is 27.0. The highest BCUT2D eigenvalue weighted by Gasteiger charge is 2.58. The van der Waals surface area contributed by atoms with E-state index in [0.29, 0.717) is 24.0 Å². The first-order chi connectivity index (χ1) is 16.4. The average molecular weight is 522 g/mol. The number of carboxylic acid groups (broad SMARTS) is 1. The van der Waals surface area contributed by atoms with Crippen LogP contribution in [0.1, 0.15) is 24.2 Å². The molecule has 1 aliphatic rings. The largest absolute Gasteiger partial charge is 0.475 e. The minimum absolute atomic E-state index is 0.0139. The Morgan fingerprint density at radius 1 is 1.14 bits per heavy atom. The summed E-state index contributed by atoms with van der Waals surface area (Å²) >= 11 is 5.99. The van der Waals surface area contributed by atoms with E-state index in [4.69, 9.17) is 25.8 Å². The molecule has 10 heteroatoms.